The van der Waals surface area contributed by atoms with Gasteiger partial charge in [0.05, 0.1) is 12.2 Å². The minimum absolute atomic E-state index is 0.0880. The van der Waals surface area contributed by atoms with Gasteiger partial charge in [-0.1, -0.05) is 44.9 Å². The van der Waals surface area contributed by atoms with E-state index in [2.05, 4.69) is 39.8 Å². The maximum Gasteiger partial charge on any atom is 0.338 e. The summed E-state index contributed by atoms with van der Waals surface area (Å²) in [4.78, 5) is 12.3. The largest absolute Gasteiger partial charge is 0.452 e. The van der Waals surface area contributed by atoms with E-state index in [1.165, 1.54) is 0 Å². The van der Waals surface area contributed by atoms with E-state index >= 15 is 0 Å². The van der Waals surface area contributed by atoms with Crippen LogP contribution in [0.2, 0.25) is 18.1 Å². The smallest absolute Gasteiger partial charge is 0.338 e. The molecule has 0 amide bonds. The highest BCUT2D eigenvalue weighted by Crippen LogP contribution is 2.36. The van der Waals surface area contributed by atoms with Crippen LogP contribution < -0.4 is 0 Å². The topological polar surface area (TPSA) is 35.5 Å². The Hall–Kier alpha value is -1.83. The average Bonchev–Trinajstić information content (AvgIpc) is 2.51. The van der Waals surface area contributed by atoms with E-state index in [1.54, 1.807) is 18.2 Å². The molecule has 0 spiro atoms. The van der Waals surface area contributed by atoms with Crippen molar-refractivity contribution >= 4 is 14.3 Å². The highest BCUT2D eigenvalue weighted by atomic mass is 28.4. The van der Waals surface area contributed by atoms with Crippen molar-refractivity contribution in [3.05, 3.63) is 47.5 Å². The molecule has 1 aromatic rings. The van der Waals surface area contributed by atoms with Crippen LogP contribution in [-0.2, 0) is 9.16 Å². The number of rotatable bonds is 6. The lowest BCUT2D eigenvalue weighted by atomic mass is 10.1. The number of carbonyl (C=O) groups excluding carboxylic acids is 1. The fourth-order valence-electron chi connectivity index (χ4n) is 1.75. The molecule has 130 valence electrons. The van der Waals surface area contributed by atoms with E-state index in [1.807, 2.05) is 25.1 Å². The van der Waals surface area contributed by atoms with Gasteiger partial charge in [0, 0.05) is 0 Å². The molecule has 0 heterocycles. The van der Waals surface area contributed by atoms with Gasteiger partial charge in [-0.15, -0.1) is 6.42 Å². The first-order chi connectivity index (χ1) is 11.1. The summed E-state index contributed by atoms with van der Waals surface area (Å²) in [5.41, 5.74) is 1.32. The summed E-state index contributed by atoms with van der Waals surface area (Å²) in [5, 5.41) is 0.0880. The molecule has 0 aliphatic carbocycles. The molecular formula is C20H28O3Si. The van der Waals surface area contributed by atoms with Crippen molar-refractivity contribution in [2.24, 2.45) is 0 Å². The molecule has 0 aromatic heterocycles. The summed E-state index contributed by atoms with van der Waals surface area (Å²) >= 11 is 0. The van der Waals surface area contributed by atoms with Crippen LogP contribution in [0, 0.1) is 12.3 Å². The fourth-order valence-corrected chi connectivity index (χ4v) is 2.76. The average molecular weight is 345 g/mol. The van der Waals surface area contributed by atoms with Gasteiger partial charge >= 0.3 is 5.97 Å². The van der Waals surface area contributed by atoms with E-state index < -0.39 is 14.4 Å². The first kappa shape index (κ1) is 20.2. The van der Waals surface area contributed by atoms with Crippen LogP contribution in [0.25, 0.3) is 0 Å². The van der Waals surface area contributed by atoms with Crippen LogP contribution in [0.4, 0.5) is 0 Å². The monoisotopic (exact) mass is 344 g/mol. The third kappa shape index (κ3) is 5.66. The van der Waals surface area contributed by atoms with Crippen LogP contribution in [0.15, 0.2) is 42.0 Å². The summed E-state index contributed by atoms with van der Waals surface area (Å²) in [6.45, 7) is 13.0. The Morgan fingerprint density at radius 3 is 2.38 bits per heavy atom. The quantitative estimate of drug-likeness (QED) is 0.422. The molecule has 24 heavy (non-hydrogen) atoms. The Bertz CT molecular complexity index is 619. The zero-order valence-electron chi connectivity index (χ0n) is 15.6. The van der Waals surface area contributed by atoms with Gasteiger partial charge < -0.3 is 9.16 Å². The molecule has 3 nitrogen and oxygen atoms in total. The summed E-state index contributed by atoms with van der Waals surface area (Å²) < 4.78 is 11.9. The molecule has 0 saturated carbocycles. The van der Waals surface area contributed by atoms with E-state index in [0.717, 1.165) is 5.57 Å². The Kier molecular flexibility index (Phi) is 7.01. The van der Waals surface area contributed by atoms with Crippen molar-refractivity contribution < 1.29 is 14.0 Å². The first-order valence-electron chi connectivity index (χ1n) is 8.11. The molecule has 0 N–H and O–H groups in total. The molecule has 4 heteroatoms. The van der Waals surface area contributed by atoms with Gasteiger partial charge in [-0.2, -0.15) is 0 Å². The van der Waals surface area contributed by atoms with Gasteiger partial charge in [-0.25, -0.2) is 4.79 Å². The number of ether oxygens (including phenoxy) is 1. The number of allylic oxidation sites excluding steroid dienone is 1. The second-order valence-electron chi connectivity index (χ2n) is 7.39. The van der Waals surface area contributed by atoms with Crippen LogP contribution in [0.1, 0.15) is 38.1 Å². The lowest BCUT2D eigenvalue weighted by molar-refractivity contribution is 0.0257. The third-order valence-electron chi connectivity index (χ3n) is 4.48. The summed E-state index contributed by atoms with van der Waals surface area (Å²) in [6, 6.07) is 8.94. The molecule has 0 saturated heterocycles. The van der Waals surface area contributed by atoms with Crippen molar-refractivity contribution in [2.45, 2.75) is 51.9 Å². The number of terminal acetylenes is 1. The van der Waals surface area contributed by atoms with Crippen molar-refractivity contribution in [3.8, 4) is 12.3 Å². The van der Waals surface area contributed by atoms with E-state index in [9.17, 15) is 4.79 Å². The van der Waals surface area contributed by atoms with Crippen LogP contribution in [-0.4, -0.2) is 27.0 Å². The molecule has 1 atom stereocenters. The third-order valence-corrected chi connectivity index (χ3v) is 8.98. The van der Waals surface area contributed by atoms with E-state index in [-0.39, 0.29) is 11.0 Å². The van der Waals surface area contributed by atoms with Gasteiger partial charge in [0.15, 0.2) is 8.32 Å². The zero-order valence-corrected chi connectivity index (χ0v) is 16.6. The molecule has 1 aromatic carbocycles. The second-order valence-corrected chi connectivity index (χ2v) is 12.2. The zero-order chi connectivity index (χ0) is 18.4. The van der Waals surface area contributed by atoms with Crippen molar-refractivity contribution in [1.82, 2.24) is 0 Å². The van der Waals surface area contributed by atoms with Gasteiger partial charge in [-0.05, 0) is 48.8 Å². The van der Waals surface area contributed by atoms with E-state index in [4.69, 9.17) is 15.6 Å². The number of carbonyl (C=O) groups is 1. The molecule has 0 unspecified atom stereocenters. The summed E-state index contributed by atoms with van der Waals surface area (Å²) in [6.07, 6.45) is 6.50. The maximum atomic E-state index is 12.3. The Balaban J connectivity index is 2.88. The van der Waals surface area contributed by atoms with Crippen LogP contribution in [0.5, 0.6) is 0 Å². The van der Waals surface area contributed by atoms with Gasteiger partial charge in [0.2, 0.25) is 0 Å². The molecule has 0 aliphatic rings. The van der Waals surface area contributed by atoms with Gasteiger partial charge in [0.25, 0.3) is 0 Å². The SMILES string of the molecule is C#C/C=C(\C)[C@H](CO[Si](C)(C)C(C)(C)C)OC(=O)c1ccccc1. The van der Waals surface area contributed by atoms with Crippen LogP contribution >= 0.6 is 0 Å². The molecular weight excluding hydrogens is 316 g/mol. The predicted molar refractivity (Wildman–Crippen MR) is 101 cm³/mol. The highest BCUT2D eigenvalue weighted by Gasteiger charge is 2.38. The van der Waals surface area contributed by atoms with Crippen molar-refractivity contribution in [2.75, 3.05) is 6.61 Å². The Morgan fingerprint density at radius 1 is 1.29 bits per heavy atom. The summed E-state index contributed by atoms with van der Waals surface area (Å²) in [7, 11) is -1.94. The normalized spacial score (nSPS) is 14.0. The molecule has 0 aliphatic heterocycles. The maximum absolute atomic E-state index is 12.3. The Labute approximate surface area is 147 Å². The van der Waals surface area contributed by atoms with Crippen molar-refractivity contribution in [1.29, 1.82) is 0 Å². The van der Waals surface area contributed by atoms with Crippen LogP contribution in [0.3, 0.4) is 0 Å². The number of hydrogen-bond acceptors (Lipinski definition) is 3. The van der Waals surface area contributed by atoms with Gasteiger partial charge in [-0.3, -0.25) is 0 Å². The second kappa shape index (κ2) is 8.32. The summed E-state index contributed by atoms with van der Waals surface area (Å²) in [5.74, 6) is 2.12. The fraction of sp³-hybridized carbons (Fsp3) is 0.450. The van der Waals surface area contributed by atoms with E-state index in [0.29, 0.717) is 12.2 Å². The predicted octanol–water partition coefficient (Wildman–Crippen LogP) is 4.81. The number of benzene rings is 1. The molecule has 0 fully saturated rings. The minimum Gasteiger partial charge on any atom is -0.452 e. The highest BCUT2D eigenvalue weighted by molar-refractivity contribution is 6.74. The lowest BCUT2D eigenvalue weighted by Crippen LogP contribution is -2.43. The molecule has 1 rings (SSSR count). The number of hydrogen-bond donors (Lipinski definition) is 0. The Morgan fingerprint density at radius 2 is 1.88 bits per heavy atom. The lowest BCUT2D eigenvalue weighted by Gasteiger charge is -2.37. The minimum atomic E-state index is -1.94. The first-order valence-corrected chi connectivity index (χ1v) is 11.0. The molecule has 0 radical (unpaired) electrons. The number of esters is 1. The standard InChI is InChI=1S/C20H28O3Si/c1-8-12-16(2)18(15-22-24(6,7)20(3,4)5)23-19(21)17-13-10-9-11-14-17/h1,9-14,18H,15H2,2-7H3/b16-12+/t18-/m0/s1. The van der Waals surface area contributed by atoms with Gasteiger partial charge in [0.1, 0.15) is 6.10 Å². The molecule has 0 bridgehead atoms. The van der Waals surface area contributed by atoms with Crippen molar-refractivity contribution in [3.63, 3.8) is 0 Å².